The summed E-state index contributed by atoms with van der Waals surface area (Å²) >= 11 is 0. The van der Waals surface area contributed by atoms with Gasteiger partial charge in [0.1, 0.15) is 11.0 Å². The van der Waals surface area contributed by atoms with Gasteiger partial charge >= 0.3 is 5.69 Å². The van der Waals surface area contributed by atoms with Gasteiger partial charge in [-0.1, -0.05) is 0 Å². The average molecular weight is 444 g/mol. The summed E-state index contributed by atoms with van der Waals surface area (Å²) in [5.41, 5.74) is 5.75. The molecular formula is C24H24N6O3. The van der Waals surface area contributed by atoms with Crippen molar-refractivity contribution in [1.82, 2.24) is 28.9 Å². The zero-order chi connectivity index (χ0) is 23.3. The highest BCUT2D eigenvalue weighted by atomic mass is 16.5. The van der Waals surface area contributed by atoms with Gasteiger partial charge < -0.3 is 9.47 Å². The van der Waals surface area contributed by atoms with Gasteiger partial charge in [0.05, 0.1) is 48.5 Å². The lowest BCUT2D eigenvalue weighted by molar-refractivity contribution is 0.355. The molecule has 0 unspecified atom stereocenters. The normalized spacial score (nSPS) is 11.4. The Hall–Kier alpha value is -4.14. The summed E-state index contributed by atoms with van der Waals surface area (Å²) in [4.78, 5) is 23.0. The van der Waals surface area contributed by atoms with Crippen molar-refractivity contribution < 1.29 is 9.47 Å². The minimum absolute atomic E-state index is 0.142. The lowest BCUT2D eigenvalue weighted by Gasteiger charge is -2.10. The van der Waals surface area contributed by atoms with Crippen molar-refractivity contribution in [3.8, 4) is 28.4 Å². The van der Waals surface area contributed by atoms with Crippen LogP contribution in [0, 0.1) is 6.92 Å². The summed E-state index contributed by atoms with van der Waals surface area (Å²) in [5, 5.41) is 4.44. The molecule has 0 N–H and O–H groups in total. The standard InChI is InChI=1S/C24H24N6O3/c1-6-29-18-12-25-17-9-8-16(15-7-10-20(32-4)21(11-15)33-5)26-22(17)23(18)30(24(29)31)19-13-28(3)27-14(19)2/h7-13H,6H2,1-5H3. The zero-order valence-electron chi connectivity index (χ0n) is 19.2. The molecule has 0 saturated heterocycles. The first kappa shape index (κ1) is 20.7. The molecule has 0 bridgehead atoms. The third-order valence-corrected chi connectivity index (χ3v) is 5.83. The predicted molar refractivity (Wildman–Crippen MR) is 126 cm³/mol. The number of ether oxygens (including phenoxy) is 2. The van der Waals surface area contributed by atoms with E-state index < -0.39 is 0 Å². The van der Waals surface area contributed by atoms with Crippen molar-refractivity contribution in [3.63, 3.8) is 0 Å². The molecule has 5 aromatic rings. The Balaban J connectivity index is 1.84. The van der Waals surface area contributed by atoms with E-state index in [1.165, 1.54) is 0 Å². The highest BCUT2D eigenvalue weighted by molar-refractivity contribution is 6.01. The van der Waals surface area contributed by atoms with Crippen molar-refractivity contribution in [2.24, 2.45) is 7.05 Å². The molecule has 0 fully saturated rings. The Morgan fingerprint density at radius 1 is 1.06 bits per heavy atom. The van der Waals surface area contributed by atoms with Crippen LogP contribution in [-0.2, 0) is 13.6 Å². The summed E-state index contributed by atoms with van der Waals surface area (Å²) < 4.78 is 15.9. The molecule has 1 aromatic carbocycles. The molecule has 0 aliphatic rings. The Labute approximate surface area is 189 Å². The molecule has 0 saturated carbocycles. The van der Waals surface area contributed by atoms with E-state index in [1.807, 2.05) is 57.4 Å². The first-order chi connectivity index (χ1) is 16.0. The van der Waals surface area contributed by atoms with Gasteiger partial charge in [0.25, 0.3) is 0 Å². The van der Waals surface area contributed by atoms with Crippen LogP contribution in [0.3, 0.4) is 0 Å². The van der Waals surface area contributed by atoms with E-state index in [2.05, 4.69) is 10.1 Å². The van der Waals surface area contributed by atoms with Gasteiger partial charge in [-0.2, -0.15) is 5.10 Å². The van der Waals surface area contributed by atoms with E-state index >= 15 is 0 Å². The fourth-order valence-corrected chi connectivity index (χ4v) is 4.27. The summed E-state index contributed by atoms with van der Waals surface area (Å²) in [7, 11) is 5.05. The van der Waals surface area contributed by atoms with Crippen LogP contribution >= 0.6 is 0 Å². The number of hydrogen-bond acceptors (Lipinski definition) is 6. The molecule has 0 amide bonds. The molecule has 5 rings (SSSR count). The molecule has 33 heavy (non-hydrogen) atoms. The smallest absolute Gasteiger partial charge is 0.333 e. The quantitative estimate of drug-likeness (QED) is 0.412. The van der Waals surface area contributed by atoms with E-state index in [0.717, 1.165) is 28.2 Å². The molecule has 0 aliphatic carbocycles. The van der Waals surface area contributed by atoms with Crippen LogP contribution < -0.4 is 15.2 Å². The van der Waals surface area contributed by atoms with Crippen molar-refractivity contribution in [1.29, 1.82) is 0 Å². The first-order valence-corrected chi connectivity index (χ1v) is 10.6. The number of rotatable bonds is 5. The van der Waals surface area contributed by atoms with Gasteiger partial charge in [0.15, 0.2) is 11.5 Å². The number of benzene rings is 1. The van der Waals surface area contributed by atoms with Crippen molar-refractivity contribution in [3.05, 3.63) is 58.9 Å². The lowest BCUT2D eigenvalue weighted by atomic mass is 10.1. The summed E-state index contributed by atoms with van der Waals surface area (Å²) in [6, 6.07) is 9.50. The number of hydrogen-bond donors (Lipinski definition) is 0. The monoisotopic (exact) mass is 444 g/mol. The number of aryl methyl sites for hydroxylation is 3. The van der Waals surface area contributed by atoms with Gasteiger partial charge in [0, 0.05) is 25.4 Å². The summed E-state index contributed by atoms with van der Waals surface area (Å²) in [6.45, 7) is 4.35. The van der Waals surface area contributed by atoms with Crippen LogP contribution in [0.2, 0.25) is 0 Å². The SMILES string of the molecule is CCn1c(=O)n(-c2cn(C)nc2C)c2c3nc(-c4ccc(OC)c(OC)c4)ccc3ncc21. The van der Waals surface area contributed by atoms with Gasteiger partial charge in [-0.3, -0.25) is 18.8 Å². The first-order valence-electron chi connectivity index (χ1n) is 10.6. The lowest BCUT2D eigenvalue weighted by Crippen LogP contribution is -2.22. The largest absolute Gasteiger partial charge is 0.493 e. The van der Waals surface area contributed by atoms with Crippen molar-refractivity contribution >= 4 is 22.1 Å². The zero-order valence-corrected chi connectivity index (χ0v) is 19.2. The minimum atomic E-state index is -0.142. The van der Waals surface area contributed by atoms with Crippen LogP contribution in [0.5, 0.6) is 11.5 Å². The maximum atomic E-state index is 13.4. The minimum Gasteiger partial charge on any atom is -0.493 e. The topological polar surface area (TPSA) is 89.0 Å². The van der Waals surface area contributed by atoms with Crippen LogP contribution in [0.4, 0.5) is 0 Å². The molecule has 0 spiro atoms. The maximum absolute atomic E-state index is 13.4. The van der Waals surface area contributed by atoms with E-state index in [9.17, 15) is 4.79 Å². The van der Waals surface area contributed by atoms with Crippen molar-refractivity contribution in [2.45, 2.75) is 20.4 Å². The third kappa shape index (κ3) is 3.15. The molecule has 9 heteroatoms. The fraction of sp³-hybridized carbons (Fsp3) is 0.250. The fourth-order valence-electron chi connectivity index (χ4n) is 4.27. The molecule has 0 radical (unpaired) electrons. The maximum Gasteiger partial charge on any atom is 0.333 e. The number of pyridine rings is 2. The molecule has 9 nitrogen and oxygen atoms in total. The van der Waals surface area contributed by atoms with Gasteiger partial charge in [-0.05, 0) is 44.2 Å². The molecule has 4 aromatic heterocycles. The third-order valence-electron chi connectivity index (χ3n) is 5.83. The van der Waals surface area contributed by atoms with Gasteiger partial charge in [0.2, 0.25) is 0 Å². The highest BCUT2D eigenvalue weighted by Crippen LogP contribution is 2.33. The molecule has 4 heterocycles. The number of fused-ring (bicyclic) bond motifs is 3. The molecular weight excluding hydrogens is 420 g/mol. The molecule has 168 valence electrons. The number of aromatic nitrogens is 6. The van der Waals surface area contributed by atoms with Crippen molar-refractivity contribution in [2.75, 3.05) is 14.2 Å². The second-order valence-corrected chi connectivity index (χ2v) is 7.76. The van der Waals surface area contributed by atoms with Gasteiger partial charge in [-0.15, -0.1) is 0 Å². The Kier molecular flexibility index (Phi) is 4.88. The van der Waals surface area contributed by atoms with Gasteiger partial charge in [-0.25, -0.2) is 9.78 Å². The second kappa shape index (κ2) is 7.77. The van der Waals surface area contributed by atoms with E-state index in [0.29, 0.717) is 34.6 Å². The Morgan fingerprint density at radius 2 is 1.85 bits per heavy atom. The highest BCUT2D eigenvalue weighted by Gasteiger charge is 2.21. The van der Waals surface area contributed by atoms with E-state index in [1.54, 1.807) is 34.2 Å². The van der Waals surface area contributed by atoms with Crippen LogP contribution in [0.15, 0.2) is 47.5 Å². The summed E-state index contributed by atoms with van der Waals surface area (Å²) in [5.74, 6) is 1.26. The number of methoxy groups -OCH3 is 2. The van der Waals surface area contributed by atoms with Crippen LogP contribution in [0.25, 0.3) is 39.0 Å². The van der Waals surface area contributed by atoms with E-state index in [4.69, 9.17) is 14.5 Å². The number of imidazole rings is 1. The Bertz CT molecular complexity index is 1580. The number of nitrogens with zero attached hydrogens (tertiary/aromatic N) is 6. The Morgan fingerprint density at radius 3 is 2.52 bits per heavy atom. The van der Waals surface area contributed by atoms with Crippen LogP contribution in [-0.4, -0.2) is 43.1 Å². The summed E-state index contributed by atoms with van der Waals surface area (Å²) in [6.07, 6.45) is 3.59. The average Bonchev–Trinajstić information content (AvgIpc) is 3.31. The van der Waals surface area contributed by atoms with Crippen LogP contribution in [0.1, 0.15) is 12.6 Å². The molecule has 0 aliphatic heterocycles. The molecule has 0 atom stereocenters. The van der Waals surface area contributed by atoms with E-state index in [-0.39, 0.29) is 5.69 Å². The predicted octanol–water partition coefficient (Wildman–Crippen LogP) is 3.48. The second-order valence-electron chi connectivity index (χ2n) is 7.76.